The van der Waals surface area contributed by atoms with Crippen molar-refractivity contribution < 1.29 is 19.6 Å². The summed E-state index contributed by atoms with van der Waals surface area (Å²) in [6, 6.07) is 13.8. The fourth-order valence-electron chi connectivity index (χ4n) is 3.95. The maximum absolute atomic E-state index is 12.6. The Bertz CT molecular complexity index is 1200. The fourth-order valence-corrected chi connectivity index (χ4v) is 3.95. The Hall–Kier alpha value is -3.88. The first-order valence-corrected chi connectivity index (χ1v) is 10.4. The summed E-state index contributed by atoms with van der Waals surface area (Å²) in [7, 11) is 0. The largest absolute Gasteiger partial charge is 0.494 e. The smallest absolute Gasteiger partial charge is 0.410 e. The van der Waals surface area contributed by atoms with Crippen molar-refractivity contribution in [1.82, 2.24) is 9.47 Å². The van der Waals surface area contributed by atoms with Crippen molar-refractivity contribution in [2.45, 2.75) is 26.5 Å². The number of aromatic hydroxyl groups is 1. The molecule has 9 heteroatoms. The standard InChI is InChI=1S/C23H24N4O5/c1-15(2)26-20-9-8-17(27(30)31)12-18(20)21(22(26)28)19-13-25(11-10-24-19)23(29)32-14-16-6-4-3-5-7-16/h3-9,12,15,28H,10-11,13-14H2,1-2H3. The summed E-state index contributed by atoms with van der Waals surface area (Å²) in [6.07, 6.45) is -0.473. The first-order valence-electron chi connectivity index (χ1n) is 10.4. The Morgan fingerprint density at radius 3 is 2.69 bits per heavy atom. The molecule has 32 heavy (non-hydrogen) atoms. The van der Waals surface area contributed by atoms with Crippen molar-refractivity contribution in [1.29, 1.82) is 0 Å². The Morgan fingerprint density at radius 1 is 1.25 bits per heavy atom. The minimum atomic E-state index is -0.473. The molecule has 2 heterocycles. The summed E-state index contributed by atoms with van der Waals surface area (Å²) in [5, 5.41) is 22.9. The van der Waals surface area contributed by atoms with Gasteiger partial charge in [-0.15, -0.1) is 0 Å². The van der Waals surface area contributed by atoms with Crippen molar-refractivity contribution >= 4 is 28.4 Å². The minimum absolute atomic E-state index is 0.0197. The van der Waals surface area contributed by atoms with E-state index in [1.807, 2.05) is 44.2 Å². The Balaban J connectivity index is 1.64. The van der Waals surface area contributed by atoms with Crippen LogP contribution in [0.1, 0.15) is 31.0 Å². The summed E-state index contributed by atoms with van der Waals surface area (Å²) < 4.78 is 7.15. The zero-order valence-electron chi connectivity index (χ0n) is 17.9. The van der Waals surface area contributed by atoms with Gasteiger partial charge in [-0.1, -0.05) is 30.3 Å². The molecule has 2 aromatic carbocycles. The molecule has 3 aromatic rings. The van der Waals surface area contributed by atoms with Gasteiger partial charge in [0.2, 0.25) is 5.88 Å². The van der Waals surface area contributed by atoms with Crippen LogP contribution in [0.4, 0.5) is 10.5 Å². The summed E-state index contributed by atoms with van der Waals surface area (Å²) in [6.45, 7) is 4.87. The molecule has 0 spiro atoms. The van der Waals surface area contributed by atoms with Crippen LogP contribution in [0.2, 0.25) is 0 Å². The molecule has 0 radical (unpaired) electrons. The molecule has 0 bridgehead atoms. The van der Waals surface area contributed by atoms with E-state index < -0.39 is 11.0 Å². The molecule has 0 atom stereocenters. The molecule has 0 unspecified atom stereocenters. The first-order chi connectivity index (χ1) is 15.4. The average Bonchev–Trinajstić information content (AvgIpc) is 3.09. The highest BCUT2D eigenvalue weighted by Gasteiger charge is 2.28. The summed E-state index contributed by atoms with van der Waals surface area (Å²) in [5.41, 5.74) is 2.39. The number of fused-ring (bicyclic) bond motifs is 1. The quantitative estimate of drug-likeness (QED) is 0.474. The topological polar surface area (TPSA) is 110 Å². The molecule has 0 aliphatic carbocycles. The van der Waals surface area contributed by atoms with Gasteiger partial charge in [-0.05, 0) is 25.5 Å². The van der Waals surface area contributed by atoms with Crippen molar-refractivity contribution in [3.8, 4) is 5.88 Å². The number of carbonyl (C=O) groups excluding carboxylic acids is 1. The number of benzene rings is 2. The minimum Gasteiger partial charge on any atom is -0.494 e. The molecule has 1 N–H and O–H groups in total. The summed E-state index contributed by atoms with van der Waals surface area (Å²) >= 11 is 0. The number of nitro benzene ring substituents is 1. The third kappa shape index (κ3) is 4.01. The fraction of sp³-hybridized carbons (Fsp3) is 0.304. The maximum Gasteiger partial charge on any atom is 0.410 e. The normalized spacial score (nSPS) is 14.0. The van der Waals surface area contributed by atoms with Gasteiger partial charge in [0.1, 0.15) is 6.61 Å². The zero-order valence-corrected chi connectivity index (χ0v) is 17.9. The maximum atomic E-state index is 12.6. The molecule has 1 aliphatic heterocycles. The molecule has 0 fully saturated rings. The average molecular weight is 436 g/mol. The van der Waals surface area contributed by atoms with Crippen LogP contribution in [0.3, 0.4) is 0 Å². The first kappa shape index (κ1) is 21.4. The lowest BCUT2D eigenvalue weighted by Crippen LogP contribution is -2.41. The van der Waals surface area contributed by atoms with Gasteiger partial charge in [0.15, 0.2) is 0 Å². The van der Waals surface area contributed by atoms with Gasteiger partial charge in [0.25, 0.3) is 5.69 Å². The van der Waals surface area contributed by atoms with Crippen molar-refractivity contribution in [3.05, 3.63) is 69.8 Å². The van der Waals surface area contributed by atoms with Crippen LogP contribution in [-0.2, 0) is 11.3 Å². The lowest BCUT2D eigenvalue weighted by atomic mass is 10.1. The SMILES string of the molecule is CC(C)n1c(O)c(C2=NCCN(C(=O)OCc3ccccc3)C2)c2cc([N+](=O)[O-])ccc21. The van der Waals surface area contributed by atoms with Gasteiger partial charge < -0.3 is 19.3 Å². The Kier molecular flexibility index (Phi) is 5.81. The second-order valence-electron chi connectivity index (χ2n) is 7.91. The van der Waals surface area contributed by atoms with E-state index in [4.69, 9.17) is 4.74 Å². The van der Waals surface area contributed by atoms with Gasteiger partial charge in [-0.25, -0.2) is 4.79 Å². The highest BCUT2D eigenvalue weighted by Crippen LogP contribution is 2.37. The highest BCUT2D eigenvalue weighted by atomic mass is 16.6. The number of hydrogen-bond acceptors (Lipinski definition) is 6. The number of hydrogen-bond donors (Lipinski definition) is 1. The molecule has 1 aromatic heterocycles. The second-order valence-corrected chi connectivity index (χ2v) is 7.91. The van der Waals surface area contributed by atoms with Gasteiger partial charge in [0, 0.05) is 30.1 Å². The number of amides is 1. The van der Waals surface area contributed by atoms with Crippen LogP contribution in [0, 0.1) is 10.1 Å². The van der Waals surface area contributed by atoms with Gasteiger partial charge in [0.05, 0.1) is 34.8 Å². The van der Waals surface area contributed by atoms with E-state index in [0.717, 1.165) is 5.56 Å². The Labute approximate surface area is 184 Å². The molecule has 1 aliphatic rings. The monoisotopic (exact) mass is 436 g/mol. The lowest BCUT2D eigenvalue weighted by Gasteiger charge is -2.26. The van der Waals surface area contributed by atoms with Crippen LogP contribution < -0.4 is 0 Å². The van der Waals surface area contributed by atoms with Crippen molar-refractivity contribution in [2.75, 3.05) is 19.6 Å². The molecule has 4 rings (SSSR count). The molecule has 0 saturated heterocycles. The van der Waals surface area contributed by atoms with Gasteiger partial charge in [-0.2, -0.15) is 0 Å². The molecular weight excluding hydrogens is 412 g/mol. The number of ether oxygens (including phenoxy) is 1. The molecular formula is C23H24N4O5. The van der Waals surface area contributed by atoms with Gasteiger partial charge >= 0.3 is 6.09 Å². The van der Waals surface area contributed by atoms with Crippen molar-refractivity contribution in [2.24, 2.45) is 4.99 Å². The van der Waals surface area contributed by atoms with E-state index in [1.54, 1.807) is 10.6 Å². The second kappa shape index (κ2) is 8.70. The number of nitro groups is 1. The molecule has 0 saturated carbocycles. The van der Waals surface area contributed by atoms with Crippen molar-refractivity contribution in [3.63, 3.8) is 0 Å². The number of non-ortho nitro benzene ring substituents is 1. The molecule has 1 amide bonds. The number of nitrogens with zero attached hydrogens (tertiary/aromatic N) is 4. The molecule has 9 nitrogen and oxygen atoms in total. The van der Waals surface area contributed by atoms with Crippen LogP contribution in [0.25, 0.3) is 10.9 Å². The predicted molar refractivity (Wildman–Crippen MR) is 120 cm³/mol. The predicted octanol–water partition coefficient (Wildman–Crippen LogP) is 4.28. The van der Waals surface area contributed by atoms with Crippen LogP contribution in [0.15, 0.2) is 53.5 Å². The third-order valence-electron chi connectivity index (χ3n) is 5.45. The summed E-state index contributed by atoms with van der Waals surface area (Å²) in [5.74, 6) is -0.0197. The zero-order chi connectivity index (χ0) is 22.8. The van der Waals surface area contributed by atoms with E-state index >= 15 is 0 Å². The van der Waals surface area contributed by atoms with E-state index in [9.17, 15) is 20.0 Å². The van der Waals surface area contributed by atoms with E-state index in [1.165, 1.54) is 17.0 Å². The number of aliphatic imine (C=N–C) groups is 1. The van der Waals surface area contributed by atoms with E-state index in [2.05, 4.69) is 4.99 Å². The van der Waals surface area contributed by atoms with E-state index in [0.29, 0.717) is 35.3 Å². The van der Waals surface area contributed by atoms with Crippen LogP contribution in [-0.4, -0.2) is 50.9 Å². The number of carbonyl (C=O) groups is 1. The molecule has 166 valence electrons. The highest BCUT2D eigenvalue weighted by molar-refractivity contribution is 6.15. The van der Waals surface area contributed by atoms with E-state index in [-0.39, 0.29) is 30.8 Å². The lowest BCUT2D eigenvalue weighted by molar-refractivity contribution is -0.384. The number of aromatic nitrogens is 1. The third-order valence-corrected chi connectivity index (χ3v) is 5.45. The Morgan fingerprint density at radius 2 is 2.00 bits per heavy atom. The van der Waals surface area contributed by atoms with Crippen LogP contribution in [0.5, 0.6) is 5.88 Å². The van der Waals surface area contributed by atoms with Crippen LogP contribution >= 0.6 is 0 Å². The van der Waals surface area contributed by atoms with Gasteiger partial charge in [-0.3, -0.25) is 15.1 Å². The number of rotatable bonds is 5. The summed E-state index contributed by atoms with van der Waals surface area (Å²) in [4.78, 5) is 29.6.